The fraction of sp³-hybridized carbons (Fsp3) is 0.143. The smallest absolute Gasteiger partial charge is 0.265 e. The second-order valence-electron chi connectivity index (χ2n) is 2.46. The van der Waals surface area contributed by atoms with Crippen molar-refractivity contribution in [1.82, 2.24) is 20.4 Å². The van der Waals surface area contributed by atoms with Gasteiger partial charge in [-0.05, 0) is 19.1 Å². The van der Waals surface area contributed by atoms with E-state index in [-0.39, 0.29) is 5.56 Å². The largest absolute Gasteiger partial charge is 0.293 e. The molecule has 60 valence electrons. The predicted octanol–water partition coefficient (Wildman–Crippen LogP) is 0.0215. The van der Waals surface area contributed by atoms with Gasteiger partial charge in [-0.25, -0.2) is 10.1 Å². The summed E-state index contributed by atoms with van der Waals surface area (Å²) in [4.78, 5) is 15.1. The maximum atomic E-state index is 11.1. The molecule has 0 saturated heterocycles. The summed E-state index contributed by atoms with van der Waals surface area (Å²) >= 11 is 0. The molecule has 5 nitrogen and oxygen atoms in total. The highest BCUT2D eigenvalue weighted by Crippen LogP contribution is 2.01. The van der Waals surface area contributed by atoms with Gasteiger partial charge in [-0.15, -0.1) is 5.10 Å². The normalized spacial score (nSPS) is 10.4. The molecule has 2 rings (SSSR count). The lowest BCUT2D eigenvalue weighted by atomic mass is 10.3. The molecule has 0 radical (unpaired) electrons. The van der Waals surface area contributed by atoms with Gasteiger partial charge in [0.05, 0.1) is 0 Å². The van der Waals surface area contributed by atoms with E-state index in [0.717, 1.165) is 5.69 Å². The highest BCUT2D eigenvalue weighted by atomic mass is 16.1. The fourth-order valence-corrected chi connectivity index (χ4v) is 0.974. The van der Waals surface area contributed by atoms with E-state index in [2.05, 4.69) is 20.4 Å². The van der Waals surface area contributed by atoms with Crippen LogP contribution in [0.3, 0.4) is 0 Å². The highest BCUT2D eigenvalue weighted by Gasteiger charge is 2.00. The number of aromatic nitrogens is 4. The van der Waals surface area contributed by atoms with Gasteiger partial charge < -0.3 is 0 Å². The Hall–Kier alpha value is -1.78. The van der Waals surface area contributed by atoms with Crippen molar-refractivity contribution in [2.45, 2.75) is 6.92 Å². The topological polar surface area (TPSA) is 71.5 Å². The molecule has 0 aliphatic heterocycles. The maximum Gasteiger partial charge on any atom is 0.293 e. The number of nitrogens with one attached hydrogen (secondary N) is 1. The van der Waals surface area contributed by atoms with Gasteiger partial charge in [-0.3, -0.25) is 4.79 Å². The van der Waals surface area contributed by atoms with Crippen LogP contribution in [0, 0.1) is 6.92 Å². The molecule has 0 amide bonds. The second-order valence-corrected chi connectivity index (χ2v) is 2.46. The molecule has 0 unspecified atom stereocenters. The number of aryl methyl sites for hydroxylation is 1. The molecule has 2 heterocycles. The minimum absolute atomic E-state index is 0.302. The molecule has 2 aromatic heterocycles. The second kappa shape index (κ2) is 2.37. The van der Waals surface area contributed by atoms with Crippen molar-refractivity contribution in [1.29, 1.82) is 0 Å². The number of pyridine rings is 1. The zero-order valence-electron chi connectivity index (χ0n) is 6.40. The first kappa shape index (κ1) is 6.90. The van der Waals surface area contributed by atoms with Crippen molar-refractivity contribution in [3.63, 3.8) is 0 Å². The third-order valence-corrected chi connectivity index (χ3v) is 1.54. The average molecular weight is 162 g/mol. The summed E-state index contributed by atoms with van der Waals surface area (Å²) in [5.74, 6) is 0. The van der Waals surface area contributed by atoms with Gasteiger partial charge in [0.2, 0.25) is 0 Å². The molecule has 5 heteroatoms. The van der Waals surface area contributed by atoms with Crippen molar-refractivity contribution in [2.75, 3.05) is 0 Å². The van der Waals surface area contributed by atoms with E-state index < -0.39 is 0 Å². The summed E-state index contributed by atoms with van der Waals surface area (Å²) in [6.07, 6.45) is 0. The van der Waals surface area contributed by atoms with E-state index in [1.807, 2.05) is 6.92 Å². The van der Waals surface area contributed by atoms with Gasteiger partial charge in [0, 0.05) is 5.69 Å². The first-order valence-electron chi connectivity index (χ1n) is 3.46. The summed E-state index contributed by atoms with van der Waals surface area (Å²) < 4.78 is 0. The van der Waals surface area contributed by atoms with Crippen molar-refractivity contribution in [3.05, 3.63) is 28.2 Å². The molecule has 0 aromatic carbocycles. The van der Waals surface area contributed by atoms with E-state index >= 15 is 0 Å². The Bertz CT molecular complexity index is 476. The SMILES string of the molecule is Cc1ccc2nn[nH]c(=O)c2n1. The number of hydrogen-bond donors (Lipinski definition) is 1. The van der Waals surface area contributed by atoms with Crippen LogP contribution in [0.4, 0.5) is 0 Å². The zero-order chi connectivity index (χ0) is 8.55. The molecule has 2 aromatic rings. The number of fused-ring (bicyclic) bond motifs is 1. The molecule has 0 aliphatic carbocycles. The van der Waals surface area contributed by atoms with Gasteiger partial charge in [-0.2, -0.15) is 0 Å². The van der Waals surface area contributed by atoms with Crippen LogP contribution in [0.15, 0.2) is 16.9 Å². The third-order valence-electron chi connectivity index (χ3n) is 1.54. The quantitative estimate of drug-likeness (QED) is 0.592. The Morgan fingerprint density at radius 1 is 1.42 bits per heavy atom. The summed E-state index contributed by atoms with van der Waals surface area (Å²) in [6, 6.07) is 3.51. The number of nitrogens with zero attached hydrogens (tertiary/aromatic N) is 3. The van der Waals surface area contributed by atoms with Crippen LogP contribution in [0.5, 0.6) is 0 Å². The zero-order valence-corrected chi connectivity index (χ0v) is 6.40. The van der Waals surface area contributed by atoms with Crippen molar-refractivity contribution in [3.8, 4) is 0 Å². The molecule has 0 saturated carbocycles. The molecule has 1 N–H and O–H groups in total. The molecule has 0 aliphatic rings. The van der Waals surface area contributed by atoms with Crippen LogP contribution in [0.25, 0.3) is 11.0 Å². The van der Waals surface area contributed by atoms with Crippen molar-refractivity contribution in [2.24, 2.45) is 0 Å². The van der Waals surface area contributed by atoms with E-state index in [9.17, 15) is 4.79 Å². The first-order valence-corrected chi connectivity index (χ1v) is 3.46. The minimum atomic E-state index is -0.302. The van der Waals surface area contributed by atoms with Crippen molar-refractivity contribution >= 4 is 11.0 Å². The summed E-state index contributed by atoms with van der Waals surface area (Å²) in [7, 11) is 0. The van der Waals surface area contributed by atoms with Gasteiger partial charge in [0.25, 0.3) is 5.56 Å². The minimum Gasteiger partial charge on any atom is -0.265 e. The molecular weight excluding hydrogens is 156 g/mol. The van der Waals surface area contributed by atoms with E-state index in [1.165, 1.54) is 0 Å². The van der Waals surface area contributed by atoms with E-state index in [0.29, 0.717) is 11.0 Å². The van der Waals surface area contributed by atoms with Crippen LogP contribution < -0.4 is 5.56 Å². The maximum absolute atomic E-state index is 11.1. The monoisotopic (exact) mass is 162 g/mol. The lowest BCUT2D eigenvalue weighted by Gasteiger charge is -1.93. The molecule has 0 spiro atoms. The lowest BCUT2D eigenvalue weighted by molar-refractivity contribution is 0.866. The van der Waals surface area contributed by atoms with Crippen LogP contribution >= 0.6 is 0 Å². The number of aromatic amines is 1. The predicted molar refractivity (Wildman–Crippen MR) is 42.7 cm³/mol. The third kappa shape index (κ3) is 0.952. The Morgan fingerprint density at radius 2 is 2.25 bits per heavy atom. The Balaban J connectivity index is 2.98. The van der Waals surface area contributed by atoms with E-state index in [4.69, 9.17) is 0 Å². The number of rotatable bonds is 0. The number of hydrogen-bond acceptors (Lipinski definition) is 4. The van der Waals surface area contributed by atoms with Crippen LogP contribution in [0.2, 0.25) is 0 Å². The lowest BCUT2D eigenvalue weighted by Crippen LogP contribution is -2.11. The molecule has 0 atom stereocenters. The molecule has 0 bridgehead atoms. The van der Waals surface area contributed by atoms with Gasteiger partial charge in [0.1, 0.15) is 5.52 Å². The van der Waals surface area contributed by atoms with Gasteiger partial charge in [0.15, 0.2) is 5.52 Å². The van der Waals surface area contributed by atoms with Crippen LogP contribution in [0.1, 0.15) is 5.69 Å². The molecule has 0 fully saturated rings. The Kier molecular flexibility index (Phi) is 1.36. The Morgan fingerprint density at radius 3 is 3.08 bits per heavy atom. The average Bonchev–Trinajstić information content (AvgIpc) is 2.07. The summed E-state index contributed by atoms with van der Waals surface area (Å²) in [6.45, 7) is 1.82. The van der Waals surface area contributed by atoms with Crippen LogP contribution in [-0.4, -0.2) is 20.4 Å². The van der Waals surface area contributed by atoms with Gasteiger partial charge in [-0.1, -0.05) is 5.21 Å². The summed E-state index contributed by atoms with van der Waals surface area (Å²) in [5, 5.41) is 9.35. The fourth-order valence-electron chi connectivity index (χ4n) is 0.974. The molecule has 12 heavy (non-hydrogen) atoms. The summed E-state index contributed by atoms with van der Waals surface area (Å²) in [5.41, 5.74) is 1.35. The highest BCUT2D eigenvalue weighted by molar-refractivity contribution is 5.71. The van der Waals surface area contributed by atoms with E-state index in [1.54, 1.807) is 12.1 Å². The van der Waals surface area contributed by atoms with Gasteiger partial charge >= 0.3 is 0 Å². The first-order chi connectivity index (χ1) is 5.77. The van der Waals surface area contributed by atoms with Crippen molar-refractivity contribution < 1.29 is 0 Å². The standard InChI is InChI=1S/C7H6N4O/c1-4-2-3-5-6(8-4)7(12)10-11-9-5/h2-3H,1H3,(H,9,10,12). The number of H-pyrrole nitrogens is 1. The molecular formula is C7H6N4O. The van der Waals surface area contributed by atoms with Crippen LogP contribution in [-0.2, 0) is 0 Å². The Labute approximate surface area is 67.5 Å².